The molecule has 44 heavy (non-hydrogen) atoms. The molecule has 0 bridgehead atoms. The van der Waals surface area contributed by atoms with Crippen molar-refractivity contribution in [3.63, 3.8) is 0 Å². The summed E-state index contributed by atoms with van der Waals surface area (Å²) in [5.41, 5.74) is 1.01. The van der Waals surface area contributed by atoms with Crippen LogP contribution in [0.2, 0.25) is 0 Å². The molecule has 0 unspecified atom stereocenters. The van der Waals surface area contributed by atoms with Crippen molar-refractivity contribution >= 4 is 29.7 Å². The summed E-state index contributed by atoms with van der Waals surface area (Å²) in [4.78, 5) is 49.4. The van der Waals surface area contributed by atoms with Crippen molar-refractivity contribution in [3.05, 3.63) is 35.9 Å². The number of epoxide rings is 1. The third-order valence-corrected chi connectivity index (χ3v) is 5.55. The van der Waals surface area contributed by atoms with Gasteiger partial charge in [-0.15, -0.1) is 12.8 Å². The van der Waals surface area contributed by atoms with Crippen LogP contribution in [0.5, 0.6) is 0 Å². The number of Topliss-reactive ketones (excluding diaryl/α,β-unsaturated/α-hetero) is 1. The van der Waals surface area contributed by atoms with Gasteiger partial charge >= 0.3 is 0 Å². The number of rotatable bonds is 15. The smallest absolute Gasteiger partial charge is 0.268 e. The molecule has 3 N–H and O–H groups in total. The van der Waals surface area contributed by atoms with Crippen LogP contribution < -0.4 is 16.0 Å². The topological polar surface area (TPSA) is 148 Å². The average molecular weight is 621 g/mol. The lowest BCUT2D eigenvalue weighted by Crippen LogP contribution is -2.48. The number of benzene rings is 1. The minimum Gasteiger partial charge on any atom is -0.396 e. The lowest BCUT2D eigenvalue weighted by atomic mass is 9.99. The molecule has 11 nitrogen and oxygen atoms in total. The van der Waals surface area contributed by atoms with Gasteiger partial charge in [0.1, 0.15) is 17.9 Å². The van der Waals surface area contributed by atoms with Gasteiger partial charge in [0.05, 0.1) is 19.2 Å². The summed E-state index contributed by atoms with van der Waals surface area (Å²) >= 11 is 0. The maximum Gasteiger partial charge on any atom is 0.268 e. The predicted octanol–water partition coefficient (Wildman–Crippen LogP) is 3.84. The van der Waals surface area contributed by atoms with E-state index in [-0.39, 0.29) is 30.2 Å². The summed E-state index contributed by atoms with van der Waals surface area (Å²) < 4.78 is 9.94. The number of aryl methyl sites for hydroxylation is 1. The molecular weight excluding hydrogens is 564 g/mol. The Labute approximate surface area is 265 Å². The Morgan fingerprint density at radius 1 is 1.09 bits per heavy atom. The zero-order valence-corrected chi connectivity index (χ0v) is 28.2. The number of hydrogen-bond acceptors (Lipinski definition) is 8. The molecule has 11 heteroatoms. The minimum atomic E-state index is -0.730. The summed E-state index contributed by atoms with van der Waals surface area (Å²) in [5.74, 6) is -0.696. The predicted molar refractivity (Wildman–Crippen MR) is 176 cm³/mol. The zero-order chi connectivity index (χ0) is 34.4. The van der Waals surface area contributed by atoms with Crippen LogP contribution in [-0.4, -0.2) is 80.9 Å². The van der Waals surface area contributed by atoms with Gasteiger partial charge in [0.15, 0.2) is 5.78 Å². The molecular formula is C33H56N4O7. The van der Waals surface area contributed by atoms with E-state index in [0.717, 1.165) is 12.8 Å². The van der Waals surface area contributed by atoms with Crippen LogP contribution in [0.15, 0.2) is 35.5 Å². The molecule has 0 radical (unpaired) electrons. The zero-order valence-electron chi connectivity index (χ0n) is 28.2. The van der Waals surface area contributed by atoms with Gasteiger partial charge in [0.2, 0.25) is 12.3 Å². The molecule has 250 valence electrons. The van der Waals surface area contributed by atoms with E-state index in [0.29, 0.717) is 38.4 Å². The summed E-state index contributed by atoms with van der Waals surface area (Å²) in [6.07, 6.45) is 12.1. The van der Waals surface area contributed by atoms with Crippen molar-refractivity contribution < 1.29 is 33.5 Å². The second-order valence-corrected chi connectivity index (χ2v) is 9.71. The van der Waals surface area contributed by atoms with Gasteiger partial charge in [0.25, 0.3) is 5.91 Å². The van der Waals surface area contributed by atoms with Crippen molar-refractivity contribution in [1.29, 1.82) is 0 Å². The van der Waals surface area contributed by atoms with Gasteiger partial charge in [-0.05, 0) is 52.5 Å². The first-order valence-corrected chi connectivity index (χ1v) is 15.0. The number of methoxy groups -OCH3 is 1. The molecule has 1 aliphatic rings. The maximum atomic E-state index is 11.8. The first-order valence-electron chi connectivity index (χ1n) is 15.0. The van der Waals surface area contributed by atoms with Crippen LogP contribution in [0.4, 0.5) is 0 Å². The molecule has 0 spiro atoms. The lowest BCUT2D eigenvalue weighted by molar-refractivity contribution is -0.130. The molecule has 0 aliphatic carbocycles. The van der Waals surface area contributed by atoms with E-state index in [2.05, 4.69) is 79.0 Å². The molecule has 3 atom stereocenters. The highest BCUT2D eigenvalue weighted by Crippen LogP contribution is 2.28. The number of carbonyl (C=O) groups excluding carboxylic acids is 4. The maximum absolute atomic E-state index is 11.8. The fourth-order valence-electron chi connectivity index (χ4n) is 2.96. The quantitative estimate of drug-likeness (QED) is 0.0887. The van der Waals surface area contributed by atoms with E-state index < -0.39 is 11.6 Å². The van der Waals surface area contributed by atoms with Crippen LogP contribution in [0.25, 0.3) is 0 Å². The molecule has 1 heterocycles. The van der Waals surface area contributed by atoms with Crippen LogP contribution in [0.1, 0.15) is 80.2 Å². The Kier molecular flexibility index (Phi) is 29.8. The molecule has 1 aromatic carbocycles. The van der Waals surface area contributed by atoms with Gasteiger partial charge in [-0.25, -0.2) is 0 Å². The molecule has 1 aliphatic heterocycles. The van der Waals surface area contributed by atoms with Crippen molar-refractivity contribution in [2.45, 2.75) is 98.8 Å². The third kappa shape index (κ3) is 23.8. The molecule has 0 saturated carbocycles. The first kappa shape index (κ1) is 44.7. The van der Waals surface area contributed by atoms with Crippen LogP contribution in [0.3, 0.4) is 0 Å². The number of amides is 3. The summed E-state index contributed by atoms with van der Waals surface area (Å²) in [7, 11) is 1.64. The third-order valence-electron chi connectivity index (χ3n) is 5.55. The Morgan fingerprint density at radius 2 is 1.66 bits per heavy atom. The number of hydrogen-bond donors (Lipinski definition) is 3. The highest BCUT2D eigenvalue weighted by molar-refractivity contribution is 6.37. The van der Waals surface area contributed by atoms with Gasteiger partial charge < -0.3 is 30.3 Å². The molecule has 0 aromatic heterocycles. The number of ketones is 1. The number of nitrogens with zero attached hydrogens (tertiary/aromatic N) is 1. The molecule has 1 aromatic rings. The van der Waals surface area contributed by atoms with E-state index in [1.54, 1.807) is 21.0 Å². The molecule has 3 amide bonds. The fraction of sp³-hybridized carbons (Fsp3) is 0.606. The number of carbonyl (C=O) groups is 4. The highest BCUT2D eigenvalue weighted by atomic mass is 16.6. The summed E-state index contributed by atoms with van der Waals surface area (Å²) in [6, 6.07) is 9.98. The van der Waals surface area contributed by atoms with Gasteiger partial charge in [-0.1, -0.05) is 69.6 Å². The fourth-order valence-corrected chi connectivity index (χ4v) is 2.96. The van der Waals surface area contributed by atoms with E-state index in [9.17, 15) is 19.2 Å². The van der Waals surface area contributed by atoms with E-state index >= 15 is 0 Å². The number of nitrogens with one attached hydrogen (secondary N) is 3. The largest absolute Gasteiger partial charge is 0.396 e. The Morgan fingerprint density at radius 3 is 2.07 bits per heavy atom. The Bertz CT molecular complexity index is 948. The number of ether oxygens (including phenoxy) is 2. The Hall–Kier alpha value is -3.75. The van der Waals surface area contributed by atoms with Crippen LogP contribution in [-0.2, 0) is 39.9 Å². The number of oxime groups is 1. The molecule has 1 fully saturated rings. The van der Waals surface area contributed by atoms with E-state index in [1.807, 2.05) is 26.8 Å². The van der Waals surface area contributed by atoms with Gasteiger partial charge in [0, 0.05) is 19.8 Å². The summed E-state index contributed by atoms with van der Waals surface area (Å²) in [6.45, 7) is 16.7. The molecule has 1 saturated heterocycles. The standard InChI is InChI=1S/C10H16N2O4.C10H20N2O3.C8H10.C3H8.C2H2/c1-3-7(9(15)10(2)5-16-10)12-8(14)4-11-6-13;1-5-15-12-9(3)10(13)11-8(2)6-7-14-4;1-2-8-6-4-3-5-7-8;1-3-2;1-2/h6-7H,3-5H2,1-2H3,(H,11,13)(H,12,14);8H,5-7H2,1-4H3,(H,11,13);3-7H,2H2,1H3;3H2,1-2H3;1-2H/b;12-9+;;;/t7-,10+;8-;;;/m01.../s1. The normalized spacial score (nSPS) is 15.6. The minimum absolute atomic E-state index is 0.0734. The van der Waals surface area contributed by atoms with Crippen LogP contribution in [0, 0.1) is 12.8 Å². The van der Waals surface area contributed by atoms with E-state index in [1.165, 1.54) is 12.0 Å². The first-order chi connectivity index (χ1) is 21.0. The molecule has 2 rings (SSSR count). The van der Waals surface area contributed by atoms with Crippen molar-refractivity contribution in [1.82, 2.24) is 16.0 Å². The van der Waals surface area contributed by atoms with E-state index in [4.69, 9.17) is 14.3 Å². The summed E-state index contributed by atoms with van der Waals surface area (Å²) in [5, 5.41) is 11.2. The second-order valence-electron chi connectivity index (χ2n) is 9.71. The van der Waals surface area contributed by atoms with Gasteiger partial charge in [-0.2, -0.15) is 0 Å². The number of terminal acetylenes is 1. The SMILES string of the molecule is C#C.CCC.CCO/N=C(\C)C(=O)N[C@H](C)CCOC.CC[C@H](NC(=O)CNC=O)C(=O)[C@@]1(C)CO1.CCc1ccccc1. The monoisotopic (exact) mass is 620 g/mol. The average Bonchev–Trinajstić information content (AvgIpc) is 3.80. The van der Waals surface area contributed by atoms with Crippen molar-refractivity contribution in [2.24, 2.45) is 5.16 Å². The highest BCUT2D eigenvalue weighted by Gasteiger charge is 2.49. The second kappa shape index (κ2) is 29.3. The van der Waals surface area contributed by atoms with Gasteiger partial charge in [-0.3, -0.25) is 19.2 Å². The Balaban J connectivity index is -0.000000553. The van der Waals surface area contributed by atoms with Crippen molar-refractivity contribution in [2.75, 3.05) is 33.5 Å². The van der Waals surface area contributed by atoms with Crippen LogP contribution >= 0.6 is 0 Å². The van der Waals surface area contributed by atoms with Crippen molar-refractivity contribution in [3.8, 4) is 12.8 Å². The lowest BCUT2D eigenvalue weighted by Gasteiger charge is -2.17.